The molecule has 0 N–H and O–H groups in total. The maximum atomic E-state index is 6.59. The molecule has 3 aromatic rings. The zero-order valence-corrected chi connectivity index (χ0v) is 20.8. The van der Waals surface area contributed by atoms with Gasteiger partial charge in [0, 0.05) is 12.5 Å². The highest BCUT2D eigenvalue weighted by Crippen LogP contribution is 2.29. The van der Waals surface area contributed by atoms with E-state index in [2.05, 4.69) is 55.4 Å². The van der Waals surface area contributed by atoms with E-state index in [4.69, 9.17) is 18.9 Å². The SMILES string of the molecule is CN(C)C[C@@H]1CO[C@H](COCc2ccccc2)[C@H](OCc2ccccc2)[C@@H]1OCc1ccccc1. The maximum Gasteiger partial charge on any atom is 0.113 e. The zero-order valence-electron chi connectivity index (χ0n) is 20.8. The lowest BCUT2D eigenvalue weighted by Gasteiger charge is -2.43. The van der Waals surface area contributed by atoms with Crippen molar-refractivity contribution in [2.45, 2.75) is 38.1 Å². The molecule has 35 heavy (non-hydrogen) atoms. The summed E-state index contributed by atoms with van der Waals surface area (Å²) in [6.45, 7) is 3.52. The Morgan fingerprint density at radius 3 is 1.69 bits per heavy atom. The molecule has 1 aliphatic rings. The van der Waals surface area contributed by atoms with E-state index in [0.29, 0.717) is 33.0 Å². The monoisotopic (exact) mass is 475 g/mol. The molecule has 3 aromatic carbocycles. The van der Waals surface area contributed by atoms with Gasteiger partial charge in [-0.3, -0.25) is 0 Å². The van der Waals surface area contributed by atoms with Gasteiger partial charge >= 0.3 is 0 Å². The molecule has 0 amide bonds. The molecule has 0 bridgehead atoms. The molecule has 0 spiro atoms. The van der Waals surface area contributed by atoms with Crippen molar-refractivity contribution in [3.63, 3.8) is 0 Å². The van der Waals surface area contributed by atoms with Crippen molar-refractivity contribution < 1.29 is 18.9 Å². The van der Waals surface area contributed by atoms with Crippen molar-refractivity contribution >= 4 is 0 Å². The van der Waals surface area contributed by atoms with Gasteiger partial charge in [-0.25, -0.2) is 0 Å². The van der Waals surface area contributed by atoms with Gasteiger partial charge in [-0.15, -0.1) is 0 Å². The van der Waals surface area contributed by atoms with E-state index in [1.165, 1.54) is 0 Å². The van der Waals surface area contributed by atoms with Gasteiger partial charge < -0.3 is 23.8 Å². The Hall–Kier alpha value is -2.54. The van der Waals surface area contributed by atoms with Crippen LogP contribution in [0.15, 0.2) is 91.0 Å². The standard InChI is InChI=1S/C30H37NO4/c1-31(2)18-27-22-33-28(23-32-19-24-12-6-3-7-13-24)30(35-21-26-16-10-5-11-17-26)29(27)34-20-25-14-8-4-9-15-25/h3-17,27-30H,18-23H2,1-2H3/t27-,28-,29-,30+/m1/s1. The third-order valence-corrected chi connectivity index (χ3v) is 6.24. The molecule has 1 aliphatic heterocycles. The molecule has 0 saturated carbocycles. The number of ether oxygens (including phenoxy) is 4. The van der Waals surface area contributed by atoms with E-state index in [0.717, 1.165) is 23.2 Å². The van der Waals surface area contributed by atoms with E-state index in [9.17, 15) is 0 Å². The average molecular weight is 476 g/mol. The first-order chi connectivity index (χ1) is 17.2. The fraction of sp³-hybridized carbons (Fsp3) is 0.400. The van der Waals surface area contributed by atoms with Crippen LogP contribution in [0.1, 0.15) is 16.7 Å². The fourth-order valence-corrected chi connectivity index (χ4v) is 4.52. The van der Waals surface area contributed by atoms with Gasteiger partial charge in [0.15, 0.2) is 0 Å². The number of hydrogen-bond acceptors (Lipinski definition) is 5. The lowest BCUT2D eigenvalue weighted by molar-refractivity contribution is -0.221. The van der Waals surface area contributed by atoms with Crippen molar-refractivity contribution in [2.75, 3.05) is 33.9 Å². The summed E-state index contributed by atoms with van der Waals surface area (Å²) in [5, 5.41) is 0. The molecule has 0 aliphatic carbocycles. The van der Waals surface area contributed by atoms with Crippen molar-refractivity contribution in [2.24, 2.45) is 5.92 Å². The summed E-state index contributed by atoms with van der Waals surface area (Å²) in [4.78, 5) is 2.19. The smallest absolute Gasteiger partial charge is 0.113 e. The summed E-state index contributed by atoms with van der Waals surface area (Å²) in [6.07, 6.45) is -0.560. The first kappa shape index (κ1) is 25.5. The largest absolute Gasteiger partial charge is 0.374 e. The van der Waals surface area contributed by atoms with E-state index in [1.807, 2.05) is 54.6 Å². The van der Waals surface area contributed by atoms with Crippen LogP contribution in [0.5, 0.6) is 0 Å². The lowest BCUT2D eigenvalue weighted by Crippen LogP contribution is -2.56. The molecule has 1 fully saturated rings. The van der Waals surface area contributed by atoms with Crippen LogP contribution in [0.2, 0.25) is 0 Å². The van der Waals surface area contributed by atoms with Gasteiger partial charge in [-0.05, 0) is 30.8 Å². The minimum absolute atomic E-state index is 0.111. The first-order valence-electron chi connectivity index (χ1n) is 12.4. The second kappa shape index (κ2) is 13.5. The maximum absolute atomic E-state index is 6.59. The quantitative estimate of drug-likeness (QED) is 0.371. The molecule has 1 heterocycles. The summed E-state index contributed by atoms with van der Waals surface area (Å²) >= 11 is 0. The van der Waals surface area contributed by atoms with Gasteiger partial charge in [-0.1, -0.05) is 91.0 Å². The van der Waals surface area contributed by atoms with Crippen LogP contribution in [0.25, 0.3) is 0 Å². The Bertz CT molecular complexity index is 967. The molecule has 4 atom stereocenters. The minimum Gasteiger partial charge on any atom is -0.374 e. The van der Waals surface area contributed by atoms with Crippen molar-refractivity contribution in [3.05, 3.63) is 108 Å². The predicted octanol–water partition coefficient (Wildman–Crippen LogP) is 4.95. The highest BCUT2D eigenvalue weighted by Gasteiger charge is 2.42. The molecule has 5 heteroatoms. The molecule has 0 unspecified atom stereocenters. The molecule has 4 rings (SSSR count). The summed E-state index contributed by atoms with van der Waals surface area (Å²) in [5.74, 6) is 0.194. The Kier molecular flexibility index (Phi) is 9.87. The van der Waals surface area contributed by atoms with Gasteiger partial charge in [-0.2, -0.15) is 0 Å². The second-order valence-corrected chi connectivity index (χ2v) is 9.42. The highest BCUT2D eigenvalue weighted by atomic mass is 16.6. The Labute approximate surface area is 209 Å². The van der Waals surface area contributed by atoms with E-state index >= 15 is 0 Å². The third kappa shape index (κ3) is 7.99. The Balaban J connectivity index is 1.48. The van der Waals surface area contributed by atoms with E-state index < -0.39 is 0 Å². The van der Waals surface area contributed by atoms with E-state index in [-0.39, 0.29) is 24.2 Å². The number of rotatable bonds is 12. The van der Waals surface area contributed by atoms with Crippen molar-refractivity contribution in [1.82, 2.24) is 4.90 Å². The van der Waals surface area contributed by atoms with Crippen LogP contribution in [0.3, 0.4) is 0 Å². The fourth-order valence-electron chi connectivity index (χ4n) is 4.52. The van der Waals surface area contributed by atoms with Crippen LogP contribution in [0.4, 0.5) is 0 Å². The van der Waals surface area contributed by atoms with Crippen molar-refractivity contribution in [1.29, 1.82) is 0 Å². The summed E-state index contributed by atoms with van der Waals surface area (Å²) in [7, 11) is 4.17. The normalized spacial score (nSPS) is 22.4. The summed E-state index contributed by atoms with van der Waals surface area (Å²) < 4.78 is 25.6. The molecule has 1 saturated heterocycles. The topological polar surface area (TPSA) is 40.2 Å². The molecule has 0 radical (unpaired) electrons. The Morgan fingerprint density at radius 2 is 1.17 bits per heavy atom. The number of nitrogens with zero attached hydrogens (tertiary/aromatic N) is 1. The molecular weight excluding hydrogens is 438 g/mol. The predicted molar refractivity (Wildman–Crippen MR) is 138 cm³/mol. The van der Waals surface area contributed by atoms with E-state index in [1.54, 1.807) is 0 Å². The van der Waals surface area contributed by atoms with Crippen LogP contribution in [-0.2, 0) is 38.8 Å². The number of hydrogen-bond donors (Lipinski definition) is 0. The van der Waals surface area contributed by atoms with Crippen LogP contribution in [-0.4, -0.2) is 57.1 Å². The lowest BCUT2D eigenvalue weighted by atomic mass is 9.91. The van der Waals surface area contributed by atoms with Gasteiger partial charge in [0.25, 0.3) is 0 Å². The first-order valence-corrected chi connectivity index (χ1v) is 12.4. The van der Waals surface area contributed by atoms with Crippen LogP contribution < -0.4 is 0 Å². The molecular formula is C30H37NO4. The number of benzene rings is 3. The van der Waals surface area contributed by atoms with Gasteiger partial charge in [0.05, 0.1) is 39.1 Å². The van der Waals surface area contributed by atoms with Gasteiger partial charge in [0.2, 0.25) is 0 Å². The molecule has 0 aromatic heterocycles. The second-order valence-electron chi connectivity index (χ2n) is 9.42. The van der Waals surface area contributed by atoms with Crippen molar-refractivity contribution in [3.8, 4) is 0 Å². The van der Waals surface area contributed by atoms with Gasteiger partial charge in [0.1, 0.15) is 12.2 Å². The average Bonchev–Trinajstić information content (AvgIpc) is 2.89. The highest BCUT2D eigenvalue weighted by molar-refractivity contribution is 5.15. The zero-order chi connectivity index (χ0) is 24.3. The Morgan fingerprint density at radius 1 is 0.686 bits per heavy atom. The van der Waals surface area contributed by atoms with Crippen LogP contribution in [0, 0.1) is 5.92 Å². The third-order valence-electron chi connectivity index (χ3n) is 6.24. The summed E-state index contributed by atoms with van der Waals surface area (Å²) in [5.41, 5.74) is 3.43. The van der Waals surface area contributed by atoms with Crippen LogP contribution >= 0.6 is 0 Å². The molecule has 186 valence electrons. The summed E-state index contributed by atoms with van der Waals surface area (Å²) in [6, 6.07) is 30.8. The molecule has 5 nitrogen and oxygen atoms in total. The minimum atomic E-state index is -0.242.